The molecule has 0 aliphatic carbocycles. The molecule has 0 bridgehead atoms. The molecule has 0 fully saturated rings. The van der Waals surface area contributed by atoms with Crippen LogP contribution in [0.25, 0.3) is 0 Å². The molecule has 0 aliphatic heterocycles. The van der Waals surface area contributed by atoms with E-state index in [1.54, 1.807) is 0 Å². The Balaban J connectivity index is 2.80. The van der Waals surface area contributed by atoms with Gasteiger partial charge in [-0.15, -0.1) is 0 Å². The quantitative estimate of drug-likeness (QED) is 0.379. The molecule has 0 saturated carbocycles. The zero-order valence-corrected chi connectivity index (χ0v) is 6.44. The standard InChI is InChI=1S/C6H15NO4/c8-5-3-1-2-4-6-11-7(9)10/h8-10H,1-6H2. The van der Waals surface area contributed by atoms with Crippen molar-refractivity contribution in [2.75, 3.05) is 13.2 Å². The van der Waals surface area contributed by atoms with E-state index in [0.717, 1.165) is 25.7 Å². The van der Waals surface area contributed by atoms with Crippen LogP contribution in [-0.2, 0) is 4.84 Å². The van der Waals surface area contributed by atoms with E-state index in [1.165, 1.54) is 0 Å². The average molecular weight is 165 g/mol. The lowest BCUT2D eigenvalue weighted by atomic mass is 10.2. The summed E-state index contributed by atoms with van der Waals surface area (Å²) >= 11 is 0. The molecule has 0 aromatic carbocycles. The second-order valence-corrected chi connectivity index (χ2v) is 2.22. The van der Waals surface area contributed by atoms with Crippen LogP contribution in [0.15, 0.2) is 0 Å². The molecule has 0 aromatic heterocycles. The van der Waals surface area contributed by atoms with Gasteiger partial charge in [0.15, 0.2) is 0 Å². The minimum absolute atomic E-state index is 0.215. The Labute approximate surface area is 65.7 Å². The van der Waals surface area contributed by atoms with Crippen molar-refractivity contribution in [2.45, 2.75) is 25.7 Å². The number of aliphatic hydroxyl groups excluding tert-OH is 1. The summed E-state index contributed by atoms with van der Waals surface area (Å²) in [7, 11) is 0. The van der Waals surface area contributed by atoms with Gasteiger partial charge in [0.1, 0.15) is 0 Å². The van der Waals surface area contributed by atoms with Gasteiger partial charge in [-0.05, 0) is 12.8 Å². The molecule has 0 radical (unpaired) electrons. The Morgan fingerprint density at radius 2 is 1.64 bits per heavy atom. The van der Waals surface area contributed by atoms with Gasteiger partial charge in [-0.1, -0.05) is 12.8 Å². The Bertz CT molecular complexity index is 79.0. The Morgan fingerprint density at radius 3 is 2.18 bits per heavy atom. The molecule has 5 heteroatoms. The summed E-state index contributed by atoms with van der Waals surface area (Å²) in [6.45, 7) is 0.505. The van der Waals surface area contributed by atoms with Gasteiger partial charge < -0.3 is 5.11 Å². The van der Waals surface area contributed by atoms with Crippen molar-refractivity contribution < 1.29 is 20.4 Å². The minimum Gasteiger partial charge on any atom is -0.396 e. The number of aliphatic hydroxyl groups is 1. The summed E-state index contributed by atoms with van der Waals surface area (Å²) in [5.74, 6) is 0. The van der Waals surface area contributed by atoms with Crippen LogP contribution in [0.5, 0.6) is 0 Å². The van der Waals surface area contributed by atoms with Crippen molar-refractivity contribution >= 4 is 0 Å². The van der Waals surface area contributed by atoms with E-state index in [2.05, 4.69) is 4.84 Å². The normalized spacial score (nSPS) is 10.9. The first-order valence-corrected chi connectivity index (χ1v) is 3.69. The van der Waals surface area contributed by atoms with Gasteiger partial charge in [-0.3, -0.25) is 15.3 Å². The first-order valence-electron chi connectivity index (χ1n) is 3.69. The molecule has 0 saturated heterocycles. The van der Waals surface area contributed by atoms with Crippen molar-refractivity contribution in [1.29, 1.82) is 0 Å². The fourth-order valence-electron chi connectivity index (χ4n) is 0.714. The Morgan fingerprint density at radius 1 is 1.00 bits per heavy atom. The van der Waals surface area contributed by atoms with E-state index in [1.807, 2.05) is 0 Å². The number of hydrogen-bond acceptors (Lipinski definition) is 5. The van der Waals surface area contributed by atoms with Crippen molar-refractivity contribution in [2.24, 2.45) is 0 Å². The summed E-state index contributed by atoms with van der Waals surface area (Å²) in [6.07, 6.45) is 3.42. The van der Waals surface area contributed by atoms with Crippen molar-refractivity contribution in [3.8, 4) is 0 Å². The highest BCUT2D eigenvalue weighted by molar-refractivity contribution is 4.39. The van der Waals surface area contributed by atoms with Crippen LogP contribution in [0, 0.1) is 0 Å². The van der Waals surface area contributed by atoms with Crippen LogP contribution in [-0.4, -0.2) is 34.1 Å². The number of rotatable bonds is 7. The van der Waals surface area contributed by atoms with Crippen LogP contribution < -0.4 is 0 Å². The number of unbranched alkanes of at least 4 members (excludes halogenated alkanes) is 3. The largest absolute Gasteiger partial charge is 0.396 e. The van der Waals surface area contributed by atoms with Crippen LogP contribution in [0.4, 0.5) is 0 Å². The zero-order valence-electron chi connectivity index (χ0n) is 6.44. The van der Waals surface area contributed by atoms with Crippen molar-refractivity contribution in [3.05, 3.63) is 0 Å². The van der Waals surface area contributed by atoms with E-state index >= 15 is 0 Å². The molecule has 0 heterocycles. The Hall–Kier alpha value is -0.200. The van der Waals surface area contributed by atoms with Crippen LogP contribution in [0.1, 0.15) is 25.7 Å². The number of hydrogen-bond donors (Lipinski definition) is 3. The fourth-order valence-corrected chi connectivity index (χ4v) is 0.714. The van der Waals surface area contributed by atoms with Gasteiger partial charge >= 0.3 is 0 Å². The van der Waals surface area contributed by atoms with E-state index in [9.17, 15) is 0 Å². The summed E-state index contributed by atoms with van der Waals surface area (Å²) < 4.78 is 0. The first kappa shape index (κ1) is 10.8. The predicted molar refractivity (Wildman–Crippen MR) is 36.9 cm³/mol. The first-order chi connectivity index (χ1) is 5.27. The van der Waals surface area contributed by atoms with Crippen molar-refractivity contribution in [1.82, 2.24) is 5.39 Å². The summed E-state index contributed by atoms with van der Waals surface area (Å²) in [4.78, 5) is 4.30. The molecule has 11 heavy (non-hydrogen) atoms. The van der Waals surface area contributed by atoms with E-state index in [-0.39, 0.29) is 12.0 Å². The fraction of sp³-hybridized carbons (Fsp3) is 1.00. The zero-order chi connectivity index (χ0) is 8.53. The summed E-state index contributed by atoms with van der Waals surface area (Å²) in [6, 6.07) is 0. The van der Waals surface area contributed by atoms with Gasteiger partial charge in [-0.25, -0.2) is 0 Å². The van der Waals surface area contributed by atoms with Gasteiger partial charge in [0.25, 0.3) is 0 Å². The van der Waals surface area contributed by atoms with Crippen LogP contribution in [0.3, 0.4) is 0 Å². The van der Waals surface area contributed by atoms with E-state index < -0.39 is 0 Å². The molecule has 0 rings (SSSR count). The topological polar surface area (TPSA) is 73.2 Å². The lowest BCUT2D eigenvalue weighted by Gasteiger charge is -2.04. The van der Waals surface area contributed by atoms with Gasteiger partial charge in [0.2, 0.25) is 0 Å². The minimum atomic E-state index is -0.286. The smallest absolute Gasteiger partial charge is 0.0736 e. The molecule has 0 aromatic rings. The molecule has 0 amide bonds. The molecular formula is C6H15NO4. The highest BCUT2D eigenvalue weighted by atomic mass is 17.1. The van der Waals surface area contributed by atoms with Crippen LogP contribution in [0.2, 0.25) is 0 Å². The molecule has 0 atom stereocenters. The third-order valence-electron chi connectivity index (χ3n) is 1.26. The lowest BCUT2D eigenvalue weighted by Crippen LogP contribution is -2.14. The number of nitrogens with zero attached hydrogens (tertiary/aromatic N) is 1. The van der Waals surface area contributed by atoms with Crippen molar-refractivity contribution in [3.63, 3.8) is 0 Å². The highest BCUT2D eigenvalue weighted by Gasteiger charge is 1.93. The maximum Gasteiger partial charge on any atom is 0.0736 e. The molecule has 0 spiro atoms. The second kappa shape index (κ2) is 7.90. The van der Waals surface area contributed by atoms with E-state index in [4.69, 9.17) is 15.5 Å². The summed E-state index contributed by atoms with van der Waals surface area (Å²) in [5, 5.41) is 24.3. The third kappa shape index (κ3) is 9.80. The summed E-state index contributed by atoms with van der Waals surface area (Å²) in [5.41, 5.74) is 0. The molecule has 5 nitrogen and oxygen atoms in total. The van der Waals surface area contributed by atoms with Gasteiger partial charge in [-0.2, -0.15) is 0 Å². The molecular weight excluding hydrogens is 150 g/mol. The predicted octanol–water partition coefficient (Wildman–Crippen LogP) is 0.551. The van der Waals surface area contributed by atoms with Crippen LogP contribution >= 0.6 is 0 Å². The van der Waals surface area contributed by atoms with Gasteiger partial charge in [0, 0.05) is 6.61 Å². The maximum absolute atomic E-state index is 8.39. The Kier molecular flexibility index (Phi) is 7.76. The molecule has 0 unspecified atom stereocenters. The monoisotopic (exact) mass is 165 g/mol. The maximum atomic E-state index is 8.39. The van der Waals surface area contributed by atoms with E-state index in [0.29, 0.717) is 6.61 Å². The van der Waals surface area contributed by atoms with Gasteiger partial charge in [0.05, 0.1) is 12.0 Å². The second-order valence-electron chi connectivity index (χ2n) is 2.22. The SMILES string of the molecule is OCCCCCCON(O)O. The molecule has 0 aliphatic rings. The third-order valence-corrected chi connectivity index (χ3v) is 1.26. The molecule has 68 valence electrons. The molecule has 3 N–H and O–H groups in total. The highest BCUT2D eigenvalue weighted by Crippen LogP contribution is 1.99. The average Bonchev–Trinajstić information content (AvgIpc) is 1.96. The lowest BCUT2D eigenvalue weighted by molar-refractivity contribution is -0.492.